The van der Waals surface area contributed by atoms with Crippen LogP contribution in [-0.2, 0) is 49.8 Å². The van der Waals surface area contributed by atoms with Gasteiger partial charge in [-0.1, -0.05) is 142 Å². The number of nitrogens with zero attached hydrogens (tertiary/aromatic N) is 1. The van der Waals surface area contributed by atoms with Gasteiger partial charge in [-0.05, 0) is 60.3 Å². The Morgan fingerprint density at radius 3 is 1.76 bits per heavy atom. The van der Waals surface area contributed by atoms with Crippen LogP contribution in [0.5, 0.6) is 0 Å². The first-order valence-electron chi connectivity index (χ1n) is 17.6. The molecule has 8 nitrogen and oxygen atoms in total. The van der Waals surface area contributed by atoms with Crippen molar-refractivity contribution in [2.45, 2.75) is 77.5 Å². The van der Waals surface area contributed by atoms with E-state index in [4.69, 9.17) is 15.3 Å². The predicted octanol–water partition coefficient (Wildman–Crippen LogP) is 6.82. The monoisotopic (exact) mass is 677 g/mol. The number of unbranched alkanes of at least 4 members (excludes halogenated alkanes) is 1. The molecule has 0 saturated heterocycles. The van der Waals surface area contributed by atoms with Crippen LogP contribution >= 0.6 is 0 Å². The Kier molecular flexibility index (Phi) is 15.7. The summed E-state index contributed by atoms with van der Waals surface area (Å²) < 4.78 is 5.86. The van der Waals surface area contributed by atoms with Gasteiger partial charge >= 0.3 is 0 Å². The first kappa shape index (κ1) is 38.0. The van der Waals surface area contributed by atoms with Crippen molar-refractivity contribution in [2.24, 2.45) is 17.6 Å². The SMILES string of the molecule is CC(C)C[C@@H](C(=O)N[C@@H](Cc1ccccc1)C(N)=O)N(OCOCc1ccccc1)C(=O)C(CCCCc1ccccc1)Cc1ccccc1. The second kappa shape index (κ2) is 20.7. The highest BCUT2D eigenvalue weighted by Crippen LogP contribution is 2.24. The van der Waals surface area contributed by atoms with Gasteiger partial charge in [0.25, 0.3) is 0 Å². The van der Waals surface area contributed by atoms with Crippen LogP contribution in [0.2, 0.25) is 0 Å². The summed E-state index contributed by atoms with van der Waals surface area (Å²) in [5.74, 6) is -1.89. The van der Waals surface area contributed by atoms with E-state index >= 15 is 0 Å². The van der Waals surface area contributed by atoms with E-state index in [-0.39, 0.29) is 31.6 Å². The van der Waals surface area contributed by atoms with Gasteiger partial charge in [-0.15, -0.1) is 0 Å². The first-order chi connectivity index (χ1) is 24.3. The van der Waals surface area contributed by atoms with Crippen LogP contribution in [0.15, 0.2) is 121 Å². The molecule has 0 bridgehead atoms. The fraction of sp³-hybridized carbons (Fsp3) is 0.357. The predicted molar refractivity (Wildman–Crippen MR) is 196 cm³/mol. The summed E-state index contributed by atoms with van der Waals surface area (Å²) in [5, 5.41) is 4.07. The zero-order valence-corrected chi connectivity index (χ0v) is 29.3. The number of carbonyl (C=O) groups excluding carboxylic acids is 3. The quantitative estimate of drug-likeness (QED) is 0.0572. The summed E-state index contributed by atoms with van der Waals surface area (Å²) in [4.78, 5) is 47.6. The molecule has 0 aliphatic heterocycles. The van der Waals surface area contributed by atoms with E-state index in [2.05, 4.69) is 17.4 Å². The molecule has 3 N–H and O–H groups in total. The maximum absolute atomic E-state index is 14.7. The van der Waals surface area contributed by atoms with E-state index in [1.807, 2.05) is 123 Å². The number of hydroxylamine groups is 2. The van der Waals surface area contributed by atoms with E-state index in [1.54, 1.807) is 0 Å². The lowest BCUT2D eigenvalue weighted by Crippen LogP contribution is -2.56. The average molecular weight is 678 g/mol. The van der Waals surface area contributed by atoms with Crippen molar-refractivity contribution >= 4 is 17.7 Å². The first-order valence-corrected chi connectivity index (χ1v) is 17.6. The maximum Gasteiger partial charge on any atom is 0.250 e. The highest BCUT2D eigenvalue weighted by molar-refractivity contribution is 5.92. The van der Waals surface area contributed by atoms with Gasteiger partial charge in [0.1, 0.15) is 12.1 Å². The number of carbonyl (C=O) groups is 3. The summed E-state index contributed by atoms with van der Waals surface area (Å²) in [6.45, 7) is 4.00. The van der Waals surface area contributed by atoms with E-state index < -0.39 is 29.8 Å². The van der Waals surface area contributed by atoms with Crippen molar-refractivity contribution in [3.05, 3.63) is 144 Å². The Labute approximate surface area is 296 Å². The molecule has 1 unspecified atom stereocenters. The molecule has 0 fully saturated rings. The summed E-state index contributed by atoms with van der Waals surface area (Å²) in [5.41, 5.74) is 9.87. The van der Waals surface area contributed by atoms with Crippen LogP contribution in [0.3, 0.4) is 0 Å². The van der Waals surface area contributed by atoms with Gasteiger partial charge in [-0.2, -0.15) is 0 Å². The molecule has 4 rings (SSSR count). The maximum atomic E-state index is 14.7. The minimum absolute atomic E-state index is 0.0227. The number of nitrogens with two attached hydrogens (primary N) is 1. The van der Waals surface area contributed by atoms with Gasteiger partial charge in [-0.25, -0.2) is 9.90 Å². The standard InChI is InChI=1S/C42H51N3O5/c1-32(2)27-39(41(47)44-38(40(43)46)29-35-22-11-5-12-23-35)45(50-31-49-30-36-24-13-6-14-25-36)42(48)37(28-34-20-9-4-10-21-34)26-16-15-19-33-17-7-3-8-18-33/h3-14,17-18,20-25,32,37-39H,15-16,19,26-31H2,1-2H3,(H2,43,46)(H,44,47)/t37?,38-,39-/m0/s1. The summed E-state index contributed by atoms with van der Waals surface area (Å²) in [6, 6.07) is 37.3. The second-order valence-corrected chi connectivity index (χ2v) is 13.2. The highest BCUT2D eigenvalue weighted by Gasteiger charge is 2.37. The van der Waals surface area contributed by atoms with Crippen LogP contribution in [-0.4, -0.2) is 41.7 Å². The van der Waals surface area contributed by atoms with E-state index in [0.717, 1.165) is 36.0 Å². The Hall–Kier alpha value is -4.79. The topological polar surface area (TPSA) is 111 Å². The number of hydrogen-bond acceptors (Lipinski definition) is 5. The molecule has 0 aromatic heterocycles. The number of benzene rings is 4. The molecule has 0 radical (unpaired) electrons. The molecule has 0 aliphatic rings. The van der Waals surface area contributed by atoms with Crippen LogP contribution < -0.4 is 11.1 Å². The number of hydrogen-bond donors (Lipinski definition) is 2. The van der Waals surface area contributed by atoms with Crippen molar-refractivity contribution < 1.29 is 24.0 Å². The molecule has 0 aliphatic carbocycles. The smallest absolute Gasteiger partial charge is 0.250 e. The van der Waals surface area contributed by atoms with Crippen molar-refractivity contribution in [2.75, 3.05) is 6.79 Å². The van der Waals surface area contributed by atoms with Crippen molar-refractivity contribution in [3.63, 3.8) is 0 Å². The third kappa shape index (κ3) is 12.9. The van der Waals surface area contributed by atoms with Crippen molar-refractivity contribution in [1.29, 1.82) is 0 Å². The lowest BCUT2D eigenvalue weighted by Gasteiger charge is -2.34. The van der Waals surface area contributed by atoms with Gasteiger partial charge in [0.15, 0.2) is 6.79 Å². The minimum Gasteiger partial charge on any atom is -0.368 e. The number of aryl methyl sites for hydroxylation is 1. The number of amides is 3. The van der Waals surface area contributed by atoms with Gasteiger partial charge in [0.2, 0.25) is 17.7 Å². The molecule has 50 heavy (non-hydrogen) atoms. The fourth-order valence-electron chi connectivity index (χ4n) is 5.99. The van der Waals surface area contributed by atoms with Gasteiger partial charge < -0.3 is 15.8 Å². The van der Waals surface area contributed by atoms with E-state index in [1.165, 1.54) is 10.6 Å². The molecule has 264 valence electrons. The van der Waals surface area contributed by atoms with Crippen LogP contribution in [0.4, 0.5) is 0 Å². The lowest BCUT2D eigenvalue weighted by atomic mass is 9.91. The fourth-order valence-corrected chi connectivity index (χ4v) is 5.99. The van der Waals surface area contributed by atoms with Crippen molar-refractivity contribution in [1.82, 2.24) is 10.4 Å². The van der Waals surface area contributed by atoms with E-state index in [0.29, 0.717) is 19.3 Å². The molecular formula is C42H51N3O5. The third-order valence-electron chi connectivity index (χ3n) is 8.61. The Morgan fingerprint density at radius 2 is 1.22 bits per heavy atom. The molecule has 4 aromatic rings. The number of primary amides is 1. The van der Waals surface area contributed by atoms with Crippen LogP contribution in [0, 0.1) is 11.8 Å². The molecule has 4 aromatic carbocycles. The van der Waals surface area contributed by atoms with Crippen LogP contribution in [0.25, 0.3) is 0 Å². The molecule has 0 saturated carbocycles. The number of rotatable bonds is 21. The number of ether oxygens (including phenoxy) is 1. The zero-order valence-electron chi connectivity index (χ0n) is 29.3. The molecule has 3 amide bonds. The summed E-state index contributed by atoms with van der Waals surface area (Å²) in [7, 11) is 0. The largest absolute Gasteiger partial charge is 0.368 e. The molecule has 0 heterocycles. The third-order valence-corrected chi connectivity index (χ3v) is 8.61. The Bertz CT molecular complexity index is 1570. The second-order valence-electron chi connectivity index (χ2n) is 13.2. The molecule has 8 heteroatoms. The summed E-state index contributed by atoms with van der Waals surface area (Å²) in [6.07, 6.45) is 4.28. The lowest BCUT2D eigenvalue weighted by molar-refractivity contribution is -0.243. The van der Waals surface area contributed by atoms with Gasteiger partial charge in [0, 0.05) is 12.3 Å². The minimum atomic E-state index is -1.02. The van der Waals surface area contributed by atoms with Gasteiger partial charge in [0.05, 0.1) is 6.61 Å². The number of nitrogens with one attached hydrogen (secondary N) is 1. The summed E-state index contributed by atoms with van der Waals surface area (Å²) >= 11 is 0. The molecule has 0 spiro atoms. The Balaban J connectivity index is 1.58. The average Bonchev–Trinajstić information content (AvgIpc) is 3.13. The molecule has 3 atom stereocenters. The van der Waals surface area contributed by atoms with Crippen molar-refractivity contribution in [3.8, 4) is 0 Å². The normalized spacial score (nSPS) is 12.9. The van der Waals surface area contributed by atoms with Crippen LogP contribution in [0.1, 0.15) is 61.8 Å². The zero-order chi connectivity index (χ0) is 35.6. The van der Waals surface area contributed by atoms with E-state index in [9.17, 15) is 14.4 Å². The highest BCUT2D eigenvalue weighted by atomic mass is 16.8. The Morgan fingerprint density at radius 1 is 0.700 bits per heavy atom. The van der Waals surface area contributed by atoms with Gasteiger partial charge in [-0.3, -0.25) is 14.4 Å². The molecular weight excluding hydrogens is 626 g/mol.